The molecular weight excluding hydrogens is 298 g/mol. The highest BCUT2D eigenvalue weighted by molar-refractivity contribution is 6.13. The largest absolute Gasteiger partial charge is 0.349 e. The molecule has 0 bridgehead atoms. The topological polar surface area (TPSA) is 44.4 Å². The summed E-state index contributed by atoms with van der Waals surface area (Å²) < 4.78 is 0. The highest BCUT2D eigenvalue weighted by atomic mass is 16.2. The highest BCUT2D eigenvalue weighted by Gasteiger charge is 2.53. The summed E-state index contributed by atoms with van der Waals surface area (Å²) in [6, 6.07) is 20.4. The van der Waals surface area contributed by atoms with Crippen LogP contribution in [0.1, 0.15) is 12.5 Å². The summed E-state index contributed by atoms with van der Waals surface area (Å²) in [5, 5.41) is 9.26. The number of carbonyl (C=O) groups is 1. The quantitative estimate of drug-likeness (QED) is 0.716. The fourth-order valence-corrected chi connectivity index (χ4v) is 3.89. The molecule has 0 atom stereocenters. The first-order valence-electron chi connectivity index (χ1n) is 8.23. The molecule has 2 aliphatic heterocycles. The van der Waals surface area contributed by atoms with Gasteiger partial charge in [0.25, 0.3) is 5.91 Å². The number of nitrogens with one attached hydrogen (secondary N) is 2. The number of rotatable bonds is 1. The van der Waals surface area contributed by atoms with Crippen LogP contribution in [0.25, 0.3) is 10.8 Å². The van der Waals surface area contributed by atoms with E-state index in [4.69, 9.17) is 0 Å². The minimum absolute atomic E-state index is 0.0476. The molecule has 3 aromatic carbocycles. The van der Waals surface area contributed by atoms with Crippen molar-refractivity contribution in [2.75, 3.05) is 22.1 Å². The van der Waals surface area contributed by atoms with Gasteiger partial charge in [0.2, 0.25) is 5.66 Å². The van der Waals surface area contributed by atoms with Crippen molar-refractivity contribution in [1.82, 2.24) is 0 Å². The van der Waals surface area contributed by atoms with Crippen molar-refractivity contribution in [3.05, 3.63) is 66.2 Å². The number of amides is 1. The third kappa shape index (κ3) is 1.55. The van der Waals surface area contributed by atoms with Crippen LogP contribution in [0.3, 0.4) is 0 Å². The first-order valence-corrected chi connectivity index (χ1v) is 8.23. The Bertz CT molecular complexity index is 951. The smallest absolute Gasteiger partial charge is 0.278 e. The molecule has 1 spiro atoms. The second-order valence-electron chi connectivity index (χ2n) is 6.31. The molecular formula is C20H17N3O. The van der Waals surface area contributed by atoms with E-state index in [0.29, 0.717) is 6.54 Å². The maximum Gasteiger partial charge on any atom is 0.278 e. The molecule has 24 heavy (non-hydrogen) atoms. The zero-order chi connectivity index (χ0) is 16.3. The third-order valence-electron chi connectivity index (χ3n) is 5.01. The molecule has 0 fully saturated rings. The Balaban J connectivity index is 1.70. The van der Waals surface area contributed by atoms with Crippen LogP contribution in [0.5, 0.6) is 0 Å². The van der Waals surface area contributed by atoms with Gasteiger partial charge < -0.3 is 15.5 Å². The number of nitrogens with zero attached hydrogens (tertiary/aromatic N) is 1. The summed E-state index contributed by atoms with van der Waals surface area (Å²) in [6.07, 6.45) is 0. The molecule has 0 saturated carbocycles. The zero-order valence-corrected chi connectivity index (χ0v) is 13.3. The molecule has 0 radical (unpaired) electrons. The zero-order valence-electron chi connectivity index (χ0n) is 13.3. The van der Waals surface area contributed by atoms with Crippen molar-refractivity contribution in [1.29, 1.82) is 0 Å². The minimum atomic E-state index is -0.897. The van der Waals surface area contributed by atoms with Crippen molar-refractivity contribution in [2.24, 2.45) is 0 Å². The van der Waals surface area contributed by atoms with Gasteiger partial charge >= 0.3 is 0 Å². The normalized spacial score (nSPS) is 16.9. The van der Waals surface area contributed by atoms with E-state index in [1.54, 1.807) is 0 Å². The summed E-state index contributed by atoms with van der Waals surface area (Å²) in [5.41, 5.74) is 3.00. The number of anilines is 3. The van der Waals surface area contributed by atoms with Gasteiger partial charge in [0.05, 0.1) is 17.1 Å². The third-order valence-corrected chi connectivity index (χ3v) is 5.01. The lowest BCUT2D eigenvalue weighted by Gasteiger charge is -2.25. The van der Waals surface area contributed by atoms with E-state index in [0.717, 1.165) is 33.4 Å². The number of hydrogen-bond acceptors (Lipinski definition) is 3. The Morgan fingerprint density at radius 2 is 1.50 bits per heavy atom. The second kappa shape index (κ2) is 4.51. The SMILES string of the molecule is CCN1C(=O)C2(Nc3cc4ccccc4cc3N2)c2ccccc21. The minimum Gasteiger partial charge on any atom is -0.349 e. The molecule has 5 rings (SSSR count). The summed E-state index contributed by atoms with van der Waals surface area (Å²) in [6.45, 7) is 2.66. The number of fused-ring (bicyclic) bond motifs is 4. The Kier molecular flexibility index (Phi) is 2.52. The van der Waals surface area contributed by atoms with Gasteiger partial charge in [-0.05, 0) is 35.9 Å². The van der Waals surface area contributed by atoms with Crippen LogP contribution in [0.2, 0.25) is 0 Å². The first kappa shape index (κ1) is 13.4. The van der Waals surface area contributed by atoms with E-state index >= 15 is 0 Å². The van der Waals surface area contributed by atoms with Gasteiger partial charge in [-0.25, -0.2) is 0 Å². The van der Waals surface area contributed by atoms with Crippen LogP contribution >= 0.6 is 0 Å². The molecule has 118 valence electrons. The molecule has 0 unspecified atom stereocenters. The fraction of sp³-hybridized carbons (Fsp3) is 0.150. The van der Waals surface area contributed by atoms with Crippen molar-refractivity contribution in [3.8, 4) is 0 Å². The molecule has 2 N–H and O–H groups in total. The maximum atomic E-state index is 13.2. The van der Waals surface area contributed by atoms with Gasteiger partial charge in [-0.3, -0.25) is 4.79 Å². The molecule has 0 saturated heterocycles. The van der Waals surface area contributed by atoms with Gasteiger partial charge in [0.1, 0.15) is 0 Å². The van der Waals surface area contributed by atoms with Crippen LogP contribution in [-0.4, -0.2) is 12.5 Å². The van der Waals surface area contributed by atoms with Crippen molar-refractivity contribution >= 4 is 33.7 Å². The summed E-state index contributed by atoms with van der Waals surface area (Å²) in [4.78, 5) is 15.0. The molecule has 4 heteroatoms. The van der Waals surface area contributed by atoms with E-state index < -0.39 is 5.66 Å². The Morgan fingerprint density at radius 1 is 0.917 bits per heavy atom. The predicted octanol–water partition coefficient (Wildman–Crippen LogP) is 3.90. The van der Waals surface area contributed by atoms with E-state index in [1.807, 2.05) is 48.2 Å². The number of likely N-dealkylation sites (N-methyl/N-ethyl adjacent to an activating group) is 1. The van der Waals surface area contributed by atoms with E-state index in [-0.39, 0.29) is 5.91 Å². The molecule has 0 aromatic heterocycles. The van der Waals surface area contributed by atoms with E-state index in [2.05, 4.69) is 34.9 Å². The number of carbonyl (C=O) groups excluding carboxylic acids is 1. The van der Waals surface area contributed by atoms with Gasteiger partial charge in [0.15, 0.2) is 0 Å². The average Bonchev–Trinajstić information content (AvgIpc) is 3.09. The average molecular weight is 315 g/mol. The lowest BCUT2D eigenvalue weighted by atomic mass is 10.0. The van der Waals surface area contributed by atoms with Crippen LogP contribution in [0, 0.1) is 0 Å². The van der Waals surface area contributed by atoms with E-state index in [1.165, 1.54) is 0 Å². The number of benzene rings is 3. The monoisotopic (exact) mass is 315 g/mol. The van der Waals surface area contributed by atoms with Crippen molar-refractivity contribution in [3.63, 3.8) is 0 Å². The van der Waals surface area contributed by atoms with Gasteiger partial charge in [-0.1, -0.05) is 42.5 Å². The Morgan fingerprint density at radius 3 is 2.12 bits per heavy atom. The Labute approximate surface area is 140 Å². The van der Waals surface area contributed by atoms with Crippen LogP contribution in [0.4, 0.5) is 17.1 Å². The second-order valence-corrected chi connectivity index (χ2v) is 6.31. The summed E-state index contributed by atoms with van der Waals surface area (Å²) in [7, 11) is 0. The summed E-state index contributed by atoms with van der Waals surface area (Å²) in [5.74, 6) is 0.0476. The molecule has 2 aliphatic rings. The van der Waals surface area contributed by atoms with Crippen molar-refractivity contribution in [2.45, 2.75) is 12.6 Å². The molecule has 1 amide bonds. The number of hydrogen-bond donors (Lipinski definition) is 2. The lowest BCUT2D eigenvalue weighted by Crippen LogP contribution is -2.48. The van der Waals surface area contributed by atoms with Crippen LogP contribution in [-0.2, 0) is 10.5 Å². The molecule has 2 heterocycles. The Hall–Kier alpha value is -3.01. The molecule has 0 aliphatic carbocycles. The first-order chi connectivity index (χ1) is 11.7. The molecule has 4 nitrogen and oxygen atoms in total. The van der Waals surface area contributed by atoms with Gasteiger partial charge in [-0.15, -0.1) is 0 Å². The molecule has 3 aromatic rings. The fourth-order valence-electron chi connectivity index (χ4n) is 3.89. The maximum absolute atomic E-state index is 13.2. The predicted molar refractivity (Wildman–Crippen MR) is 97.3 cm³/mol. The van der Waals surface area contributed by atoms with Crippen LogP contribution < -0.4 is 15.5 Å². The summed E-state index contributed by atoms with van der Waals surface area (Å²) >= 11 is 0. The van der Waals surface area contributed by atoms with Gasteiger partial charge in [0, 0.05) is 12.1 Å². The van der Waals surface area contributed by atoms with Gasteiger partial charge in [-0.2, -0.15) is 0 Å². The highest BCUT2D eigenvalue weighted by Crippen LogP contribution is 2.48. The van der Waals surface area contributed by atoms with Crippen molar-refractivity contribution < 1.29 is 4.79 Å². The standard InChI is InChI=1S/C20H17N3O/c1-2-23-18-10-6-5-9-15(18)20(19(23)24)21-16-11-13-7-3-4-8-14(13)12-17(16)22-20/h3-12,21-22H,2H2,1H3. The van der Waals surface area contributed by atoms with Crippen LogP contribution in [0.15, 0.2) is 60.7 Å². The lowest BCUT2D eigenvalue weighted by molar-refractivity contribution is -0.121. The number of para-hydroxylation sites is 1. The van der Waals surface area contributed by atoms with E-state index in [9.17, 15) is 4.79 Å².